The van der Waals surface area contributed by atoms with Crippen LogP contribution in [0.4, 0.5) is 0 Å². The van der Waals surface area contributed by atoms with Crippen molar-refractivity contribution in [1.29, 1.82) is 0 Å². The lowest BCUT2D eigenvalue weighted by atomic mass is 10.3. The summed E-state index contributed by atoms with van der Waals surface area (Å²) in [5, 5.41) is 21.5. The van der Waals surface area contributed by atoms with E-state index in [0.717, 1.165) is 5.75 Å². The van der Waals surface area contributed by atoms with Crippen LogP contribution in [0, 0.1) is 0 Å². The van der Waals surface area contributed by atoms with Gasteiger partial charge in [0.05, 0.1) is 0 Å². The van der Waals surface area contributed by atoms with E-state index in [4.69, 9.17) is 19.3 Å². The zero-order chi connectivity index (χ0) is 18.6. The lowest BCUT2D eigenvalue weighted by Crippen LogP contribution is -2.33. The smallest absolute Gasteiger partial charge is 0.341 e. The molecule has 0 fully saturated rings. The van der Waals surface area contributed by atoms with Crippen molar-refractivity contribution in [3.63, 3.8) is 0 Å². The van der Waals surface area contributed by atoms with Crippen molar-refractivity contribution in [3.05, 3.63) is 54.6 Å². The third kappa shape index (κ3) is 9.69. The summed E-state index contributed by atoms with van der Waals surface area (Å²) in [5.74, 6) is 0.834. The van der Waals surface area contributed by atoms with Crippen molar-refractivity contribution in [2.75, 3.05) is 32.9 Å². The second-order valence-corrected chi connectivity index (χ2v) is 5.48. The summed E-state index contributed by atoms with van der Waals surface area (Å²) in [6.07, 6.45) is -0.610. The molecule has 0 aliphatic rings. The van der Waals surface area contributed by atoms with Gasteiger partial charge in [-0.3, -0.25) is 0 Å². The molecule has 0 unspecified atom stereocenters. The highest BCUT2D eigenvalue weighted by Gasteiger charge is 2.05. The van der Waals surface area contributed by atoms with Gasteiger partial charge in [0, 0.05) is 13.1 Å². The Morgan fingerprint density at radius 2 is 1.52 bits per heavy atom. The number of aliphatic hydroxyl groups excluding tert-OH is 1. The van der Waals surface area contributed by atoms with Crippen LogP contribution in [0.2, 0.25) is 0 Å². The normalized spacial score (nSPS) is 11.1. The van der Waals surface area contributed by atoms with Crippen molar-refractivity contribution in [2.45, 2.75) is 6.10 Å². The van der Waals surface area contributed by atoms with E-state index in [-0.39, 0.29) is 25.6 Å². The molecular formula is C19H24ClNO6. The van der Waals surface area contributed by atoms with E-state index in [1.807, 2.05) is 30.3 Å². The summed E-state index contributed by atoms with van der Waals surface area (Å²) in [5.41, 5.74) is 0. The van der Waals surface area contributed by atoms with Crippen molar-refractivity contribution in [2.24, 2.45) is 0 Å². The maximum Gasteiger partial charge on any atom is 0.341 e. The standard InChI is InChI=1S/C19H23NO6.ClH/c21-15(13-25-16-4-2-1-3-5-16)12-20-10-11-24-17-6-8-18(9-7-17)26-14-19(22)23;/h1-9,15,20-21H,10-14H2,(H,22,23);1H/t15-;/m1./s1. The highest BCUT2D eigenvalue weighted by molar-refractivity contribution is 5.85. The Balaban J connectivity index is 0.00000364. The molecule has 0 spiro atoms. The minimum atomic E-state index is -1.02. The highest BCUT2D eigenvalue weighted by atomic mass is 35.5. The largest absolute Gasteiger partial charge is 0.492 e. The van der Waals surface area contributed by atoms with Crippen LogP contribution in [0.5, 0.6) is 17.2 Å². The Kier molecular flexibility index (Phi) is 10.7. The van der Waals surface area contributed by atoms with Crippen LogP contribution in [0.15, 0.2) is 54.6 Å². The number of aliphatic hydroxyl groups is 1. The van der Waals surface area contributed by atoms with Crippen LogP contribution >= 0.6 is 12.4 Å². The van der Waals surface area contributed by atoms with E-state index < -0.39 is 12.1 Å². The first-order valence-corrected chi connectivity index (χ1v) is 8.27. The van der Waals surface area contributed by atoms with Crippen LogP contribution in [0.1, 0.15) is 0 Å². The molecule has 2 aromatic rings. The average Bonchev–Trinajstić information content (AvgIpc) is 2.66. The number of carboxylic acid groups (broad SMARTS) is 1. The highest BCUT2D eigenvalue weighted by Crippen LogP contribution is 2.17. The van der Waals surface area contributed by atoms with Gasteiger partial charge in [0.15, 0.2) is 6.61 Å². The van der Waals surface area contributed by atoms with Gasteiger partial charge in [-0.15, -0.1) is 12.4 Å². The topological polar surface area (TPSA) is 97.3 Å². The van der Waals surface area contributed by atoms with Crippen molar-refractivity contribution >= 4 is 18.4 Å². The molecule has 0 aliphatic heterocycles. The van der Waals surface area contributed by atoms with Gasteiger partial charge in [-0.25, -0.2) is 4.79 Å². The van der Waals surface area contributed by atoms with E-state index in [9.17, 15) is 9.90 Å². The summed E-state index contributed by atoms with van der Waals surface area (Å²) in [4.78, 5) is 10.4. The lowest BCUT2D eigenvalue weighted by Gasteiger charge is -2.13. The summed E-state index contributed by atoms with van der Waals surface area (Å²) >= 11 is 0. The number of halogens is 1. The number of hydrogen-bond acceptors (Lipinski definition) is 6. The van der Waals surface area contributed by atoms with Gasteiger partial charge in [-0.1, -0.05) is 18.2 Å². The maximum atomic E-state index is 10.4. The summed E-state index contributed by atoms with van der Waals surface area (Å²) in [6.45, 7) is 1.25. The van der Waals surface area contributed by atoms with E-state index in [2.05, 4.69) is 5.32 Å². The third-order valence-corrected chi connectivity index (χ3v) is 3.30. The average molecular weight is 398 g/mol. The molecule has 3 N–H and O–H groups in total. The van der Waals surface area contributed by atoms with Crippen LogP contribution in [0.3, 0.4) is 0 Å². The van der Waals surface area contributed by atoms with Gasteiger partial charge in [0.1, 0.15) is 36.6 Å². The van der Waals surface area contributed by atoms with Gasteiger partial charge >= 0.3 is 5.97 Å². The Labute approximate surface area is 164 Å². The Morgan fingerprint density at radius 3 is 2.15 bits per heavy atom. The summed E-state index contributed by atoms with van der Waals surface area (Å²) in [6, 6.07) is 16.1. The molecule has 7 nitrogen and oxygen atoms in total. The Morgan fingerprint density at radius 1 is 0.926 bits per heavy atom. The molecule has 8 heteroatoms. The van der Waals surface area contributed by atoms with Crippen molar-refractivity contribution in [3.8, 4) is 17.2 Å². The maximum absolute atomic E-state index is 10.4. The van der Waals surface area contributed by atoms with Gasteiger partial charge < -0.3 is 29.7 Å². The molecule has 2 rings (SSSR count). The molecule has 0 saturated heterocycles. The van der Waals surface area contributed by atoms with E-state index in [0.29, 0.717) is 31.2 Å². The molecule has 0 heterocycles. The fourth-order valence-corrected chi connectivity index (χ4v) is 2.05. The summed E-state index contributed by atoms with van der Waals surface area (Å²) < 4.78 is 16.1. The van der Waals surface area contributed by atoms with Gasteiger partial charge in [0.2, 0.25) is 0 Å². The lowest BCUT2D eigenvalue weighted by molar-refractivity contribution is -0.139. The molecule has 0 aromatic heterocycles. The molecule has 0 aliphatic carbocycles. The fraction of sp³-hybridized carbons (Fsp3) is 0.316. The van der Waals surface area contributed by atoms with Crippen LogP contribution in [-0.2, 0) is 4.79 Å². The quantitative estimate of drug-likeness (QED) is 0.471. The van der Waals surface area contributed by atoms with Crippen molar-refractivity contribution < 1.29 is 29.2 Å². The first-order valence-electron chi connectivity index (χ1n) is 8.27. The van der Waals surface area contributed by atoms with Crippen LogP contribution in [0.25, 0.3) is 0 Å². The fourth-order valence-electron chi connectivity index (χ4n) is 2.05. The number of benzene rings is 2. The molecule has 0 radical (unpaired) electrons. The van der Waals surface area contributed by atoms with Crippen LogP contribution in [-0.4, -0.2) is 55.2 Å². The SMILES string of the molecule is Cl.O=C(O)COc1ccc(OCCNC[C@@H](O)COc2ccccc2)cc1. The number of aliphatic carboxylic acids is 1. The minimum absolute atomic E-state index is 0. The van der Waals surface area contributed by atoms with E-state index in [1.165, 1.54) is 0 Å². The first kappa shape index (κ1) is 22.6. The molecule has 148 valence electrons. The van der Waals surface area contributed by atoms with Gasteiger partial charge in [-0.2, -0.15) is 0 Å². The predicted molar refractivity (Wildman–Crippen MR) is 103 cm³/mol. The molecule has 27 heavy (non-hydrogen) atoms. The third-order valence-electron chi connectivity index (χ3n) is 3.30. The Hall–Kier alpha value is -2.48. The number of hydrogen-bond donors (Lipinski definition) is 3. The first-order chi connectivity index (χ1) is 12.6. The number of nitrogens with one attached hydrogen (secondary N) is 1. The Bertz CT molecular complexity index is 653. The summed E-state index contributed by atoms with van der Waals surface area (Å²) in [7, 11) is 0. The monoisotopic (exact) mass is 397 g/mol. The molecule has 0 bridgehead atoms. The zero-order valence-electron chi connectivity index (χ0n) is 14.7. The molecule has 0 saturated carbocycles. The van der Waals surface area contributed by atoms with Gasteiger partial charge in [0.25, 0.3) is 0 Å². The molecule has 2 aromatic carbocycles. The van der Waals surface area contributed by atoms with Crippen LogP contribution < -0.4 is 19.5 Å². The number of para-hydroxylation sites is 1. The molecular weight excluding hydrogens is 374 g/mol. The van der Waals surface area contributed by atoms with Gasteiger partial charge in [-0.05, 0) is 36.4 Å². The predicted octanol–water partition coefficient (Wildman–Crippen LogP) is 1.98. The number of carbonyl (C=O) groups is 1. The number of rotatable bonds is 12. The molecule has 0 amide bonds. The zero-order valence-corrected chi connectivity index (χ0v) is 15.6. The van der Waals surface area contributed by atoms with E-state index >= 15 is 0 Å². The number of ether oxygens (including phenoxy) is 3. The van der Waals surface area contributed by atoms with Crippen molar-refractivity contribution in [1.82, 2.24) is 5.32 Å². The van der Waals surface area contributed by atoms with E-state index in [1.54, 1.807) is 24.3 Å². The second-order valence-electron chi connectivity index (χ2n) is 5.48. The minimum Gasteiger partial charge on any atom is -0.492 e. The second kappa shape index (κ2) is 12.8. The number of carboxylic acids is 1. The molecule has 1 atom stereocenters.